The third kappa shape index (κ3) is 7.08. The smallest absolute Gasteiger partial charge is 0.343 e. The van der Waals surface area contributed by atoms with E-state index in [0.29, 0.717) is 58.1 Å². The van der Waals surface area contributed by atoms with E-state index in [9.17, 15) is 14.4 Å². The van der Waals surface area contributed by atoms with E-state index in [0.717, 1.165) is 17.5 Å². The number of carbonyl (C=O) groups is 3. The fraction of sp³-hybridized carbons (Fsp3) is 0.139. The molecular weight excluding hydrogens is 544 g/mol. The van der Waals surface area contributed by atoms with Gasteiger partial charge in [0.1, 0.15) is 0 Å². The Morgan fingerprint density at radius 2 is 1.00 bits per heavy atom. The Bertz CT molecular complexity index is 1580. The Morgan fingerprint density at radius 3 is 1.40 bits per heavy atom. The third-order valence-electron chi connectivity index (χ3n) is 6.96. The minimum atomic E-state index is -0.485. The second-order valence-corrected chi connectivity index (χ2v) is 9.85. The quantitative estimate of drug-likeness (QED) is 0.123. The molecule has 4 aromatic rings. The summed E-state index contributed by atoms with van der Waals surface area (Å²) in [6, 6.07) is 27.8. The summed E-state index contributed by atoms with van der Waals surface area (Å²) in [5.41, 5.74) is 3.73. The van der Waals surface area contributed by atoms with Gasteiger partial charge in [-0.2, -0.15) is 0 Å². The van der Waals surface area contributed by atoms with Crippen molar-refractivity contribution in [1.29, 1.82) is 0 Å². The highest BCUT2D eigenvalue weighted by atomic mass is 16.6. The van der Waals surface area contributed by atoms with E-state index in [1.54, 1.807) is 84.9 Å². The number of hydrogen-bond donors (Lipinski definition) is 0. The van der Waals surface area contributed by atoms with Crippen LogP contribution in [-0.4, -0.2) is 31.9 Å². The van der Waals surface area contributed by atoms with E-state index >= 15 is 0 Å². The van der Waals surface area contributed by atoms with Crippen molar-refractivity contribution < 1.29 is 33.3 Å². The van der Waals surface area contributed by atoms with Gasteiger partial charge < -0.3 is 18.9 Å². The number of rotatable bonds is 8. The summed E-state index contributed by atoms with van der Waals surface area (Å²) in [6.45, 7) is 0. The molecule has 4 aromatic carbocycles. The van der Waals surface area contributed by atoms with Gasteiger partial charge in [0.05, 0.1) is 25.3 Å². The Balaban J connectivity index is 1.32. The summed E-state index contributed by atoms with van der Waals surface area (Å²) in [6.07, 6.45) is 5.78. The van der Waals surface area contributed by atoms with E-state index in [1.807, 2.05) is 24.3 Å². The molecule has 43 heavy (non-hydrogen) atoms. The SMILES string of the molecule is COc1cc(C=C2CCCC(=Cc3ccc(OC(=O)c4ccccc4)c(OC)c3)C2=O)ccc1OC(=O)c1ccccc1. The lowest BCUT2D eigenvalue weighted by molar-refractivity contribution is -0.112. The van der Waals surface area contributed by atoms with Crippen LogP contribution >= 0.6 is 0 Å². The fourth-order valence-electron chi connectivity index (χ4n) is 4.76. The van der Waals surface area contributed by atoms with Crippen molar-refractivity contribution in [3.05, 3.63) is 130 Å². The molecule has 0 amide bonds. The Kier molecular flexibility index (Phi) is 9.12. The minimum Gasteiger partial charge on any atom is -0.493 e. The number of hydrogen-bond acceptors (Lipinski definition) is 7. The van der Waals surface area contributed by atoms with Gasteiger partial charge in [-0.25, -0.2) is 9.59 Å². The largest absolute Gasteiger partial charge is 0.493 e. The standard InChI is InChI=1S/C36H30O7/c1-40-32-22-24(16-18-30(32)42-35(38)26-10-5-3-6-11-26)20-28-14-9-15-29(34(28)37)21-25-17-19-31(33(23-25)41-2)43-36(39)27-12-7-4-8-13-27/h3-8,10-13,16-23H,9,14-15H2,1-2H3. The summed E-state index contributed by atoms with van der Waals surface area (Å²) in [4.78, 5) is 38.5. The monoisotopic (exact) mass is 574 g/mol. The summed E-state index contributed by atoms with van der Waals surface area (Å²) in [7, 11) is 3.00. The van der Waals surface area contributed by atoms with Gasteiger partial charge >= 0.3 is 11.9 Å². The summed E-state index contributed by atoms with van der Waals surface area (Å²) >= 11 is 0. The highest BCUT2D eigenvalue weighted by Gasteiger charge is 2.22. The van der Waals surface area contributed by atoms with Gasteiger partial charge in [-0.3, -0.25) is 4.79 Å². The van der Waals surface area contributed by atoms with Crippen molar-refractivity contribution in [3.63, 3.8) is 0 Å². The molecule has 216 valence electrons. The van der Waals surface area contributed by atoms with Crippen molar-refractivity contribution in [2.24, 2.45) is 0 Å². The van der Waals surface area contributed by atoms with E-state index < -0.39 is 11.9 Å². The van der Waals surface area contributed by atoms with Gasteiger partial charge in [-0.05, 0) is 91.1 Å². The summed E-state index contributed by atoms with van der Waals surface area (Å²) in [5.74, 6) is 0.350. The normalized spacial score (nSPS) is 14.8. The number of methoxy groups -OCH3 is 2. The third-order valence-corrected chi connectivity index (χ3v) is 6.96. The first-order chi connectivity index (χ1) is 20.9. The molecule has 7 heteroatoms. The van der Waals surface area contributed by atoms with Gasteiger partial charge in [0.2, 0.25) is 0 Å². The van der Waals surface area contributed by atoms with Crippen LogP contribution in [0.5, 0.6) is 23.0 Å². The number of benzene rings is 4. The van der Waals surface area contributed by atoms with Crippen molar-refractivity contribution in [2.75, 3.05) is 14.2 Å². The molecule has 0 saturated heterocycles. The van der Waals surface area contributed by atoms with Crippen LogP contribution in [0.2, 0.25) is 0 Å². The predicted octanol–water partition coefficient (Wildman–Crippen LogP) is 7.36. The maximum absolute atomic E-state index is 13.4. The van der Waals surface area contributed by atoms with Crippen LogP contribution in [0.15, 0.2) is 108 Å². The molecule has 0 heterocycles. The lowest BCUT2D eigenvalue weighted by atomic mass is 9.87. The van der Waals surface area contributed by atoms with Crippen LogP contribution in [0.25, 0.3) is 12.2 Å². The van der Waals surface area contributed by atoms with Crippen LogP contribution < -0.4 is 18.9 Å². The van der Waals surface area contributed by atoms with E-state index in [-0.39, 0.29) is 5.78 Å². The summed E-state index contributed by atoms with van der Waals surface area (Å²) in [5, 5.41) is 0. The van der Waals surface area contributed by atoms with Crippen LogP contribution in [-0.2, 0) is 4.79 Å². The van der Waals surface area contributed by atoms with E-state index in [2.05, 4.69) is 0 Å². The molecule has 0 unspecified atom stereocenters. The Morgan fingerprint density at radius 1 is 0.581 bits per heavy atom. The molecule has 0 N–H and O–H groups in total. The lowest BCUT2D eigenvalue weighted by Gasteiger charge is -2.17. The molecule has 0 spiro atoms. The average molecular weight is 575 g/mol. The highest BCUT2D eigenvalue weighted by Crippen LogP contribution is 2.34. The molecule has 1 fully saturated rings. The predicted molar refractivity (Wildman–Crippen MR) is 164 cm³/mol. The summed E-state index contributed by atoms with van der Waals surface area (Å²) < 4.78 is 22.0. The second kappa shape index (κ2) is 13.5. The molecule has 0 atom stereocenters. The van der Waals surface area contributed by atoms with Gasteiger partial charge in [-0.1, -0.05) is 48.5 Å². The van der Waals surface area contributed by atoms with Gasteiger partial charge in [0.25, 0.3) is 0 Å². The van der Waals surface area contributed by atoms with Gasteiger partial charge in [-0.15, -0.1) is 0 Å². The number of allylic oxidation sites excluding steroid dienone is 2. The molecule has 0 radical (unpaired) electrons. The topological polar surface area (TPSA) is 88.1 Å². The van der Waals surface area contributed by atoms with Crippen molar-refractivity contribution in [1.82, 2.24) is 0 Å². The molecule has 1 aliphatic carbocycles. The zero-order chi connectivity index (χ0) is 30.2. The van der Waals surface area contributed by atoms with Crippen LogP contribution in [0.3, 0.4) is 0 Å². The van der Waals surface area contributed by atoms with Crippen molar-refractivity contribution in [2.45, 2.75) is 19.3 Å². The van der Waals surface area contributed by atoms with Crippen LogP contribution in [0, 0.1) is 0 Å². The number of ether oxygens (including phenoxy) is 4. The molecule has 5 rings (SSSR count). The first kappa shape index (κ1) is 29.1. The molecule has 1 aliphatic rings. The second-order valence-electron chi connectivity index (χ2n) is 9.85. The average Bonchev–Trinajstić information content (AvgIpc) is 3.05. The van der Waals surface area contributed by atoms with Gasteiger partial charge in [0, 0.05) is 11.1 Å². The molecule has 7 nitrogen and oxygen atoms in total. The fourth-order valence-corrected chi connectivity index (χ4v) is 4.76. The first-order valence-electron chi connectivity index (χ1n) is 13.8. The van der Waals surface area contributed by atoms with Crippen molar-refractivity contribution in [3.8, 4) is 23.0 Å². The Labute approximate surface area is 250 Å². The van der Waals surface area contributed by atoms with E-state index in [4.69, 9.17) is 18.9 Å². The lowest BCUT2D eigenvalue weighted by Crippen LogP contribution is -2.12. The number of ketones is 1. The molecule has 0 aliphatic heterocycles. The molecule has 0 bridgehead atoms. The number of esters is 2. The molecule has 0 aromatic heterocycles. The van der Waals surface area contributed by atoms with Crippen molar-refractivity contribution >= 4 is 29.9 Å². The maximum Gasteiger partial charge on any atom is 0.343 e. The minimum absolute atomic E-state index is 0.0386. The molecule has 1 saturated carbocycles. The zero-order valence-corrected chi connectivity index (χ0v) is 23.9. The number of carbonyl (C=O) groups excluding carboxylic acids is 3. The zero-order valence-electron chi connectivity index (χ0n) is 23.9. The first-order valence-corrected chi connectivity index (χ1v) is 13.8. The molecular formula is C36H30O7. The van der Waals surface area contributed by atoms with Gasteiger partial charge in [0.15, 0.2) is 28.8 Å². The Hall–Kier alpha value is -5.43. The maximum atomic E-state index is 13.4. The van der Waals surface area contributed by atoms with Crippen LogP contribution in [0.1, 0.15) is 51.1 Å². The van der Waals surface area contributed by atoms with E-state index in [1.165, 1.54) is 14.2 Å². The van der Waals surface area contributed by atoms with Crippen LogP contribution in [0.4, 0.5) is 0 Å². The highest BCUT2D eigenvalue weighted by molar-refractivity contribution is 6.14. The number of Topliss-reactive ketones (excluding diaryl/α,β-unsaturated/α-hetero) is 1.